The third-order valence-corrected chi connectivity index (χ3v) is 4.71. The molecule has 6 nitrogen and oxygen atoms in total. The van der Waals surface area contributed by atoms with Crippen LogP contribution < -0.4 is 10.6 Å². The van der Waals surface area contributed by atoms with Gasteiger partial charge in [0.1, 0.15) is 0 Å². The fraction of sp³-hybridized carbons (Fsp3) is 0.375. The average molecular weight is 332 g/mol. The number of nitrogens with one attached hydrogen (secondary N) is 2. The zero-order valence-electron chi connectivity index (χ0n) is 12.8. The van der Waals surface area contributed by atoms with Gasteiger partial charge in [0.05, 0.1) is 31.1 Å². The van der Waals surface area contributed by atoms with Crippen molar-refractivity contribution in [1.29, 1.82) is 0 Å². The minimum atomic E-state index is -0.215. The molecular weight excluding hydrogens is 312 g/mol. The SMILES string of the molecule is O=C(NC[C@H](c1cccs1)N1CCOCC1)Nc1cccnc1. The van der Waals surface area contributed by atoms with Crippen molar-refractivity contribution in [3.8, 4) is 0 Å². The molecule has 3 heterocycles. The summed E-state index contributed by atoms with van der Waals surface area (Å²) in [6.45, 7) is 3.81. The van der Waals surface area contributed by atoms with E-state index in [1.807, 2.05) is 12.1 Å². The normalized spacial score (nSPS) is 16.7. The zero-order valence-corrected chi connectivity index (χ0v) is 13.6. The van der Waals surface area contributed by atoms with Gasteiger partial charge in [-0.2, -0.15) is 0 Å². The molecule has 1 saturated heterocycles. The molecule has 2 aromatic heterocycles. The lowest BCUT2D eigenvalue weighted by Gasteiger charge is -2.34. The first-order chi connectivity index (χ1) is 11.3. The number of amides is 2. The Morgan fingerprint density at radius 3 is 2.91 bits per heavy atom. The predicted octanol–water partition coefficient (Wildman–Crippen LogP) is 2.34. The molecule has 1 atom stereocenters. The summed E-state index contributed by atoms with van der Waals surface area (Å²) < 4.78 is 5.43. The molecule has 122 valence electrons. The third-order valence-electron chi connectivity index (χ3n) is 3.73. The number of nitrogens with zero attached hydrogens (tertiary/aromatic N) is 2. The fourth-order valence-electron chi connectivity index (χ4n) is 2.58. The Morgan fingerprint density at radius 1 is 1.35 bits per heavy atom. The second kappa shape index (κ2) is 8.05. The highest BCUT2D eigenvalue weighted by Crippen LogP contribution is 2.25. The van der Waals surface area contributed by atoms with Crippen LogP contribution in [0, 0.1) is 0 Å². The van der Waals surface area contributed by atoms with Crippen molar-refractivity contribution in [2.45, 2.75) is 6.04 Å². The molecule has 0 saturated carbocycles. The van der Waals surface area contributed by atoms with Crippen LogP contribution in [0.2, 0.25) is 0 Å². The van der Waals surface area contributed by atoms with E-state index in [1.54, 1.807) is 29.8 Å². The standard InChI is InChI=1S/C16H20N4O2S/c21-16(19-13-3-1-5-17-11-13)18-12-14(15-4-2-10-23-15)20-6-8-22-9-7-20/h1-5,10-11,14H,6-9,12H2,(H2,18,19,21)/t14-/m1/s1. The summed E-state index contributed by atoms with van der Waals surface area (Å²) in [6, 6.07) is 7.73. The largest absolute Gasteiger partial charge is 0.379 e. The van der Waals surface area contributed by atoms with Crippen LogP contribution in [-0.4, -0.2) is 48.8 Å². The second-order valence-electron chi connectivity index (χ2n) is 5.26. The first kappa shape index (κ1) is 15.9. The van der Waals surface area contributed by atoms with E-state index in [2.05, 4.69) is 32.0 Å². The number of thiophene rings is 1. The highest BCUT2D eigenvalue weighted by Gasteiger charge is 2.23. The third kappa shape index (κ3) is 4.51. The van der Waals surface area contributed by atoms with Gasteiger partial charge in [-0.05, 0) is 23.6 Å². The van der Waals surface area contributed by atoms with Crippen LogP contribution in [0.15, 0.2) is 42.0 Å². The number of pyridine rings is 1. The van der Waals surface area contributed by atoms with E-state index in [-0.39, 0.29) is 12.1 Å². The minimum absolute atomic E-state index is 0.179. The van der Waals surface area contributed by atoms with E-state index in [0.29, 0.717) is 12.2 Å². The summed E-state index contributed by atoms with van der Waals surface area (Å²) in [5.74, 6) is 0. The van der Waals surface area contributed by atoms with Crippen LogP contribution in [0.25, 0.3) is 0 Å². The Kier molecular flexibility index (Phi) is 5.57. The molecule has 23 heavy (non-hydrogen) atoms. The molecule has 1 aliphatic rings. The fourth-order valence-corrected chi connectivity index (χ4v) is 3.44. The van der Waals surface area contributed by atoms with E-state index in [1.165, 1.54) is 4.88 Å². The first-order valence-corrected chi connectivity index (χ1v) is 8.51. The predicted molar refractivity (Wildman–Crippen MR) is 90.7 cm³/mol. The molecule has 0 aromatic carbocycles. The Labute approximate surface area is 139 Å². The number of hydrogen-bond donors (Lipinski definition) is 2. The van der Waals surface area contributed by atoms with Crippen molar-refractivity contribution in [2.75, 3.05) is 38.2 Å². The first-order valence-electron chi connectivity index (χ1n) is 7.63. The van der Waals surface area contributed by atoms with Gasteiger partial charge in [0, 0.05) is 30.7 Å². The van der Waals surface area contributed by atoms with Gasteiger partial charge in [0.15, 0.2) is 0 Å². The van der Waals surface area contributed by atoms with Crippen molar-refractivity contribution in [2.24, 2.45) is 0 Å². The van der Waals surface area contributed by atoms with E-state index < -0.39 is 0 Å². The molecule has 1 fully saturated rings. The highest BCUT2D eigenvalue weighted by atomic mass is 32.1. The number of carbonyl (C=O) groups is 1. The van der Waals surface area contributed by atoms with E-state index >= 15 is 0 Å². The van der Waals surface area contributed by atoms with Gasteiger partial charge in [-0.25, -0.2) is 4.79 Å². The second-order valence-corrected chi connectivity index (χ2v) is 6.24. The number of hydrogen-bond acceptors (Lipinski definition) is 5. The molecule has 0 bridgehead atoms. The molecule has 0 unspecified atom stereocenters. The van der Waals surface area contributed by atoms with Crippen LogP contribution >= 0.6 is 11.3 Å². The monoisotopic (exact) mass is 332 g/mol. The van der Waals surface area contributed by atoms with Gasteiger partial charge < -0.3 is 15.4 Å². The van der Waals surface area contributed by atoms with E-state index in [4.69, 9.17) is 4.74 Å². The topological polar surface area (TPSA) is 66.5 Å². The number of urea groups is 1. The Bertz CT molecular complexity index is 600. The summed E-state index contributed by atoms with van der Waals surface area (Å²) in [5.41, 5.74) is 0.684. The van der Waals surface area contributed by atoms with Crippen molar-refractivity contribution in [3.05, 3.63) is 46.9 Å². The van der Waals surface area contributed by atoms with Crippen LogP contribution in [-0.2, 0) is 4.74 Å². The van der Waals surface area contributed by atoms with Crippen molar-refractivity contribution in [3.63, 3.8) is 0 Å². The van der Waals surface area contributed by atoms with Gasteiger partial charge in [-0.3, -0.25) is 9.88 Å². The summed E-state index contributed by atoms with van der Waals surface area (Å²) in [5, 5.41) is 7.82. The van der Waals surface area contributed by atoms with Crippen LogP contribution in [0.5, 0.6) is 0 Å². The van der Waals surface area contributed by atoms with Crippen LogP contribution in [0.4, 0.5) is 10.5 Å². The lowest BCUT2D eigenvalue weighted by atomic mass is 10.2. The van der Waals surface area contributed by atoms with Crippen molar-refractivity contribution in [1.82, 2.24) is 15.2 Å². The van der Waals surface area contributed by atoms with Crippen LogP contribution in [0.1, 0.15) is 10.9 Å². The summed E-state index contributed by atoms with van der Waals surface area (Å²) in [4.78, 5) is 19.7. The smallest absolute Gasteiger partial charge is 0.319 e. The quantitative estimate of drug-likeness (QED) is 0.882. The minimum Gasteiger partial charge on any atom is -0.379 e. The molecule has 0 radical (unpaired) electrons. The number of carbonyl (C=O) groups excluding carboxylic acids is 1. The molecule has 0 spiro atoms. The van der Waals surface area contributed by atoms with E-state index in [0.717, 1.165) is 26.3 Å². The molecule has 2 aromatic rings. The number of morpholine rings is 1. The number of ether oxygens (including phenoxy) is 1. The Morgan fingerprint density at radius 2 is 2.22 bits per heavy atom. The van der Waals surface area contributed by atoms with Gasteiger partial charge in [0.25, 0.3) is 0 Å². The molecule has 1 aliphatic heterocycles. The molecule has 2 amide bonds. The molecule has 2 N–H and O–H groups in total. The molecule has 7 heteroatoms. The summed E-state index contributed by atoms with van der Waals surface area (Å²) in [6.07, 6.45) is 3.30. The maximum Gasteiger partial charge on any atom is 0.319 e. The van der Waals surface area contributed by atoms with Crippen LogP contribution in [0.3, 0.4) is 0 Å². The molecule has 0 aliphatic carbocycles. The zero-order chi connectivity index (χ0) is 15.9. The lowest BCUT2D eigenvalue weighted by molar-refractivity contribution is 0.0175. The molecular formula is C16H20N4O2S. The Balaban J connectivity index is 1.59. The number of aromatic nitrogens is 1. The molecule has 3 rings (SSSR count). The number of rotatable bonds is 5. The van der Waals surface area contributed by atoms with Crippen molar-refractivity contribution < 1.29 is 9.53 Å². The van der Waals surface area contributed by atoms with E-state index in [9.17, 15) is 4.79 Å². The average Bonchev–Trinajstić information content (AvgIpc) is 3.11. The maximum atomic E-state index is 12.1. The Hall–Kier alpha value is -1.96. The van der Waals surface area contributed by atoms with Gasteiger partial charge in [-0.15, -0.1) is 11.3 Å². The maximum absolute atomic E-state index is 12.1. The van der Waals surface area contributed by atoms with Gasteiger partial charge in [-0.1, -0.05) is 6.07 Å². The van der Waals surface area contributed by atoms with Gasteiger partial charge in [0.2, 0.25) is 0 Å². The number of anilines is 1. The summed E-state index contributed by atoms with van der Waals surface area (Å²) in [7, 11) is 0. The van der Waals surface area contributed by atoms with Gasteiger partial charge >= 0.3 is 6.03 Å². The van der Waals surface area contributed by atoms with Crippen molar-refractivity contribution >= 4 is 23.1 Å². The lowest BCUT2D eigenvalue weighted by Crippen LogP contribution is -2.44. The highest BCUT2D eigenvalue weighted by molar-refractivity contribution is 7.10. The summed E-state index contributed by atoms with van der Waals surface area (Å²) >= 11 is 1.72.